The number of ether oxygens (including phenoxy) is 1. The first-order valence-corrected chi connectivity index (χ1v) is 13.2. The Bertz CT molecular complexity index is 1120. The SMILES string of the molecule is CN1CCN(c2ccc(Nc3cc(NC4CCCCC4)c(C#N)cn3)c(NC(=O)OC(C)(C)C)c2)CC1. The van der Waals surface area contributed by atoms with Gasteiger partial charge in [-0.3, -0.25) is 5.32 Å². The van der Waals surface area contributed by atoms with Gasteiger partial charge in [-0.25, -0.2) is 9.78 Å². The van der Waals surface area contributed by atoms with Crippen LogP contribution < -0.4 is 20.9 Å². The molecular formula is C28H39N7O2. The number of amides is 1. The molecule has 2 aromatic rings. The Morgan fingerprint density at radius 3 is 2.46 bits per heavy atom. The Morgan fingerprint density at radius 1 is 1.05 bits per heavy atom. The van der Waals surface area contributed by atoms with Crippen molar-refractivity contribution in [3.05, 3.63) is 36.0 Å². The quantitative estimate of drug-likeness (QED) is 0.470. The smallest absolute Gasteiger partial charge is 0.412 e. The lowest BCUT2D eigenvalue weighted by atomic mass is 9.95. The van der Waals surface area contributed by atoms with Gasteiger partial charge in [0.05, 0.1) is 22.6 Å². The Hall–Kier alpha value is -3.51. The van der Waals surface area contributed by atoms with Crippen molar-refractivity contribution in [2.45, 2.75) is 64.5 Å². The third-order valence-electron chi connectivity index (χ3n) is 6.76. The number of hydrogen-bond donors (Lipinski definition) is 3. The second kappa shape index (κ2) is 11.7. The largest absolute Gasteiger partial charge is 0.444 e. The molecule has 1 aliphatic heterocycles. The second-order valence-corrected chi connectivity index (χ2v) is 11.0. The highest BCUT2D eigenvalue weighted by atomic mass is 16.6. The summed E-state index contributed by atoms with van der Waals surface area (Å²) in [6.45, 7) is 9.34. The molecule has 0 unspecified atom stereocenters. The van der Waals surface area contributed by atoms with E-state index in [0.29, 0.717) is 28.8 Å². The molecule has 2 fully saturated rings. The van der Waals surface area contributed by atoms with E-state index in [4.69, 9.17) is 4.74 Å². The van der Waals surface area contributed by atoms with Gasteiger partial charge in [-0.05, 0) is 58.9 Å². The Morgan fingerprint density at radius 2 is 1.78 bits per heavy atom. The number of likely N-dealkylation sites (N-methyl/N-ethyl adjacent to an activating group) is 1. The lowest BCUT2D eigenvalue weighted by Crippen LogP contribution is -2.44. The first-order chi connectivity index (χ1) is 17.7. The summed E-state index contributed by atoms with van der Waals surface area (Å²) in [6.07, 6.45) is 6.96. The summed E-state index contributed by atoms with van der Waals surface area (Å²) in [6, 6.07) is 10.5. The van der Waals surface area contributed by atoms with Gasteiger partial charge in [0.25, 0.3) is 0 Å². The predicted octanol–water partition coefficient (Wildman–Crippen LogP) is 5.54. The van der Waals surface area contributed by atoms with Crippen LogP contribution in [0.4, 0.5) is 33.4 Å². The van der Waals surface area contributed by atoms with Gasteiger partial charge in [0, 0.05) is 50.2 Å². The number of aromatic nitrogens is 1. The van der Waals surface area contributed by atoms with Gasteiger partial charge in [-0.15, -0.1) is 0 Å². The highest BCUT2D eigenvalue weighted by molar-refractivity contribution is 5.92. The van der Waals surface area contributed by atoms with Crippen LogP contribution in [0.15, 0.2) is 30.5 Å². The molecule has 0 radical (unpaired) electrons. The molecule has 1 aromatic carbocycles. The van der Waals surface area contributed by atoms with Crippen LogP contribution >= 0.6 is 0 Å². The van der Waals surface area contributed by atoms with Crippen LogP contribution in [0.2, 0.25) is 0 Å². The highest BCUT2D eigenvalue weighted by Crippen LogP contribution is 2.32. The summed E-state index contributed by atoms with van der Waals surface area (Å²) in [5, 5.41) is 19.4. The summed E-state index contributed by atoms with van der Waals surface area (Å²) < 4.78 is 5.52. The molecule has 2 aliphatic rings. The van der Waals surface area contributed by atoms with Crippen molar-refractivity contribution in [2.24, 2.45) is 0 Å². The van der Waals surface area contributed by atoms with E-state index >= 15 is 0 Å². The van der Waals surface area contributed by atoms with E-state index in [2.05, 4.69) is 49.9 Å². The molecule has 1 aliphatic carbocycles. The molecule has 9 nitrogen and oxygen atoms in total. The third kappa shape index (κ3) is 7.49. The van der Waals surface area contributed by atoms with Crippen molar-refractivity contribution < 1.29 is 9.53 Å². The van der Waals surface area contributed by atoms with Gasteiger partial charge in [0.1, 0.15) is 17.5 Å². The second-order valence-electron chi connectivity index (χ2n) is 11.0. The van der Waals surface area contributed by atoms with E-state index in [-0.39, 0.29) is 0 Å². The predicted molar refractivity (Wildman–Crippen MR) is 149 cm³/mol. The van der Waals surface area contributed by atoms with Crippen molar-refractivity contribution in [1.82, 2.24) is 9.88 Å². The van der Waals surface area contributed by atoms with E-state index < -0.39 is 11.7 Å². The molecule has 1 aromatic heterocycles. The van der Waals surface area contributed by atoms with Crippen molar-refractivity contribution in [2.75, 3.05) is 54.1 Å². The van der Waals surface area contributed by atoms with Crippen molar-refractivity contribution in [1.29, 1.82) is 5.26 Å². The zero-order valence-electron chi connectivity index (χ0n) is 22.4. The fourth-order valence-corrected chi connectivity index (χ4v) is 4.76. The van der Waals surface area contributed by atoms with Gasteiger partial charge in [-0.1, -0.05) is 19.3 Å². The van der Waals surface area contributed by atoms with Gasteiger partial charge in [-0.2, -0.15) is 5.26 Å². The molecule has 1 saturated heterocycles. The van der Waals surface area contributed by atoms with Crippen molar-refractivity contribution >= 4 is 34.7 Å². The Balaban J connectivity index is 1.58. The molecule has 0 spiro atoms. The first kappa shape index (κ1) is 26.6. The van der Waals surface area contributed by atoms with E-state index in [1.54, 1.807) is 6.20 Å². The average molecular weight is 506 g/mol. The Kier molecular flexibility index (Phi) is 8.39. The summed E-state index contributed by atoms with van der Waals surface area (Å²) in [7, 11) is 2.13. The maximum Gasteiger partial charge on any atom is 0.412 e. The molecular weight excluding hydrogens is 466 g/mol. The number of piperazine rings is 1. The van der Waals surface area contributed by atoms with Gasteiger partial charge >= 0.3 is 6.09 Å². The van der Waals surface area contributed by atoms with Crippen LogP contribution in [0.5, 0.6) is 0 Å². The fourth-order valence-electron chi connectivity index (χ4n) is 4.76. The van der Waals surface area contributed by atoms with Crippen LogP contribution in [-0.4, -0.2) is 60.8 Å². The molecule has 37 heavy (non-hydrogen) atoms. The lowest BCUT2D eigenvalue weighted by molar-refractivity contribution is 0.0636. The minimum Gasteiger partial charge on any atom is -0.444 e. The number of benzene rings is 1. The molecule has 0 bridgehead atoms. The number of carbonyl (C=O) groups excluding carboxylic acids is 1. The van der Waals surface area contributed by atoms with Crippen LogP contribution in [-0.2, 0) is 4.74 Å². The summed E-state index contributed by atoms with van der Waals surface area (Å²) in [4.78, 5) is 21.8. The number of carbonyl (C=O) groups is 1. The van der Waals surface area contributed by atoms with Gasteiger partial charge in [0.15, 0.2) is 0 Å². The van der Waals surface area contributed by atoms with Crippen LogP contribution in [0, 0.1) is 11.3 Å². The zero-order chi connectivity index (χ0) is 26.4. The number of rotatable bonds is 6. The molecule has 9 heteroatoms. The maximum absolute atomic E-state index is 12.7. The molecule has 3 N–H and O–H groups in total. The fraction of sp³-hybridized carbons (Fsp3) is 0.536. The number of nitrogens with zero attached hydrogens (tertiary/aromatic N) is 4. The monoisotopic (exact) mass is 505 g/mol. The molecule has 1 amide bonds. The van der Waals surface area contributed by atoms with Gasteiger partial charge < -0.3 is 25.2 Å². The standard InChI is InChI=1S/C28H39N7O2/c1-28(2,3)37-27(36)33-25-16-22(35-14-12-34(4)13-15-35)10-11-23(25)32-26-17-24(20(18-29)19-30-26)31-21-8-6-5-7-9-21/h10-11,16-17,19,21H,5-9,12-15H2,1-4H3,(H,33,36)(H2,30,31,32). The van der Waals surface area contributed by atoms with E-state index in [1.807, 2.05) is 39.0 Å². The van der Waals surface area contributed by atoms with Crippen molar-refractivity contribution in [3.63, 3.8) is 0 Å². The molecule has 198 valence electrons. The summed E-state index contributed by atoms with van der Waals surface area (Å²) >= 11 is 0. The number of anilines is 5. The van der Waals surface area contributed by atoms with Crippen LogP contribution in [0.1, 0.15) is 58.4 Å². The molecule has 4 rings (SSSR count). The normalized spacial score (nSPS) is 17.1. The highest BCUT2D eigenvalue weighted by Gasteiger charge is 2.21. The number of hydrogen-bond acceptors (Lipinski definition) is 8. The topological polar surface area (TPSA) is 106 Å². The minimum absolute atomic E-state index is 0.364. The van der Waals surface area contributed by atoms with E-state index in [0.717, 1.165) is 50.4 Å². The summed E-state index contributed by atoms with van der Waals surface area (Å²) in [5.41, 5.74) is 3.04. The molecule has 0 atom stereocenters. The first-order valence-electron chi connectivity index (χ1n) is 13.2. The Labute approximate surface area is 220 Å². The van der Waals surface area contributed by atoms with Crippen molar-refractivity contribution in [3.8, 4) is 6.07 Å². The van der Waals surface area contributed by atoms with Crippen LogP contribution in [0.25, 0.3) is 0 Å². The molecule has 2 heterocycles. The molecule has 1 saturated carbocycles. The van der Waals surface area contributed by atoms with Crippen LogP contribution in [0.3, 0.4) is 0 Å². The lowest BCUT2D eigenvalue weighted by Gasteiger charge is -2.34. The maximum atomic E-state index is 12.7. The minimum atomic E-state index is -0.610. The van der Waals surface area contributed by atoms with Gasteiger partial charge in [0.2, 0.25) is 0 Å². The van der Waals surface area contributed by atoms with E-state index in [9.17, 15) is 10.1 Å². The summed E-state index contributed by atoms with van der Waals surface area (Å²) in [5.74, 6) is 0.594. The third-order valence-corrected chi connectivity index (χ3v) is 6.76. The number of pyridine rings is 1. The average Bonchev–Trinajstić information content (AvgIpc) is 2.85. The van der Waals surface area contributed by atoms with E-state index in [1.165, 1.54) is 19.3 Å². The number of nitriles is 1. The number of nitrogens with one attached hydrogen (secondary N) is 3. The zero-order valence-corrected chi connectivity index (χ0v) is 22.4.